The van der Waals surface area contributed by atoms with Gasteiger partial charge in [-0.25, -0.2) is 0 Å². The van der Waals surface area contributed by atoms with E-state index in [0.29, 0.717) is 12.5 Å². The van der Waals surface area contributed by atoms with Crippen LogP contribution in [0.5, 0.6) is 0 Å². The first-order valence-corrected chi connectivity index (χ1v) is 20.1. The van der Waals surface area contributed by atoms with Crippen molar-refractivity contribution in [3.8, 4) is 0 Å². The minimum absolute atomic E-state index is 0.238. The maximum atomic E-state index is 12.3. The predicted molar refractivity (Wildman–Crippen MR) is 196 cm³/mol. The molecule has 1 aliphatic heterocycles. The second-order valence-corrected chi connectivity index (χ2v) is 14.4. The molecule has 0 bridgehead atoms. The summed E-state index contributed by atoms with van der Waals surface area (Å²) in [5, 5.41) is 2.81. The highest BCUT2D eigenvalue weighted by molar-refractivity contribution is 5.73. The first kappa shape index (κ1) is 45.8. The lowest BCUT2D eigenvalue weighted by Crippen LogP contribution is -2.66. The number of unbranched alkanes of at least 4 members (excludes halogenated alkanes) is 18. The Morgan fingerprint density at radius 2 is 1.00 bits per heavy atom. The van der Waals surface area contributed by atoms with Crippen LogP contribution in [-0.4, -0.2) is 67.7 Å². The number of hydrogen-bond acceptors (Lipinski definition) is 9. The second-order valence-electron chi connectivity index (χ2n) is 14.4. The molecule has 0 aromatic heterocycles. The average Bonchev–Trinajstić information content (AvgIpc) is 3.05. The first-order chi connectivity index (χ1) is 24.1. The van der Waals surface area contributed by atoms with E-state index in [-0.39, 0.29) is 12.5 Å². The van der Waals surface area contributed by atoms with Crippen molar-refractivity contribution in [3.05, 3.63) is 0 Å². The number of carbonyl (C=O) groups is 4. The number of amides is 1. The summed E-state index contributed by atoms with van der Waals surface area (Å²) in [5.74, 6) is -1.86. The lowest BCUT2D eigenvalue weighted by atomic mass is 9.94. The monoisotopic (exact) mass is 712 g/mol. The first-order valence-electron chi connectivity index (χ1n) is 20.1. The molecule has 0 unspecified atom stereocenters. The number of nitrogens with one attached hydrogen (secondary N) is 1. The number of ether oxygens (including phenoxy) is 5. The molecule has 50 heavy (non-hydrogen) atoms. The third-order valence-electron chi connectivity index (χ3n) is 9.50. The number of carbonyl (C=O) groups excluding carboxylic acids is 4. The molecular formula is C40H73NO9. The molecule has 1 fully saturated rings. The van der Waals surface area contributed by atoms with Crippen molar-refractivity contribution < 1.29 is 42.9 Å². The smallest absolute Gasteiger partial charge is 0.303 e. The van der Waals surface area contributed by atoms with Gasteiger partial charge in [-0.1, -0.05) is 142 Å². The Morgan fingerprint density at radius 3 is 1.40 bits per heavy atom. The lowest BCUT2D eigenvalue weighted by Gasteiger charge is -2.45. The zero-order valence-electron chi connectivity index (χ0n) is 32.6. The fraction of sp³-hybridized carbons (Fsp3) is 0.900. The summed E-state index contributed by atoms with van der Waals surface area (Å²) in [6.45, 7) is 9.77. The molecule has 1 N–H and O–H groups in total. The normalized spacial score (nSPS) is 20.4. The van der Waals surface area contributed by atoms with Gasteiger partial charge in [0.15, 0.2) is 18.5 Å². The van der Waals surface area contributed by atoms with Gasteiger partial charge in [0, 0.05) is 27.7 Å². The van der Waals surface area contributed by atoms with Gasteiger partial charge in [0.1, 0.15) is 18.8 Å². The van der Waals surface area contributed by atoms with Crippen LogP contribution in [0.2, 0.25) is 0 Å². The Balaban J connectivity index is 2.92. The van der Waals surface area contributed by atoms with Crippen LogP contribution in [0, 0.1) is 5.92 Å². The molecule has 0 aliphatic carbocycles. The van der Waals surface area contributed by atoms with Gasteiger partial charge in [-0.2, -0.15) is 0 Å². The SMILES string of the molecule is CCCCCCCCCCCCC(CCCCCCCCCCCC)CO[C@@H]1O[C@H](COC(C)=O)[C@H](OC(C)=O)[C@@H](OC(C)=O)[C@H]1NC(C)=O. The molecule has 0 radical (unpaired) electrons. The maximum Gasteiger partial charge on any atom is 0.303 e. The minimum atomic E-state index is -1.12. The van der Waals surface area contributed by atoms with Crippen LogP contribution in [0.4, 0.5) is 0 Å². The summed E-state index contributed by atoms with van der Waals surface area (Å²) < 4.78 is 29.1. The summed E-state index contributed by atoms with van der Waals surface area (Å²) in [5.41, 5.74) is 0. The summed E-state index contributed by atoms with van der Waals surface area (Å²) in [6, 6.07) is -0.940. The van der Waals surface area contributed by atoms with Crippen molar-refractivity contribution in [2.24, 2.45) is 5.92 Å². The zero-order valence-corrected chi connectivity index (χ0v) is 32.6. The van der Waals surface area contributed by atoms with Gasteiger partial charge < -0.3 is 29.0 Å². The molecule has 1 rings (SSSR count). The summed E-state index contributed by atoms with van der Waals surface area (Å²) >= 11 is 0. The fourth-order valence-corrected chi connectivity index (χ4v) is 6.82. The Morgan fingerprint density at radius 1 is 0.580 bits per heavy atom. The van der Waals surface area contributed by atoms with Crippen molar-refractivity contribution in [3.63, 3.8) is 0 Å². The van der Waals surface area contributed by atoms with E-state index in [1.54, 1.807) is 0 Å². The Labute approximate surface area is 304 Å². The third kappa shape index (κ3) is 22.6. The largest absolute Gasteiger partial charge is 0.463 e. The maximum absolute atomic E-state index is 12.3. The van der Waals surface area contributed by atoms with Gasteiger partial charge in [-0.15, -0.1) is 0 Å². The van der Waals surface area contributed by atoms with Gasteiger partial charge in [-0.05, 0) is 18.8 Å². The minimum Gasteiger partial charge on any atom is -0.463 e. The zero-order chi connectivity index (χ0) is 37.0. The standard InChI is InChI=1S/C40H73NO9/c1-7-9-11-13-15-17-19-21-23-25-27-35(28-26-24-22-20-18-16-14-12-10-8-2)29-47-40-37(41-31(3)42)39(49-34(6)45)38(48-33(5)44)36(50-40)30-46-32(4)43/h35-40H,7-30H2,1-6H3,(H,41,42)/t36-,37-,38+,39+,40-/m1/s1. The van der Waals surface area contributed by atoms with Crippen LogP contribution in [0.15, 0.2) is 0 Å². The van der Waals surface area contributed by atoms with Crippen LogP contribution in [0.1, 0.15) is 183 Å². The van der Waals surface area contributed by atoms with Crippen molar-refractivity contribution in [2.75, 3.05) is 13.2 Å². The van der Waals surface area contributed by atoms with Crippen LogP contribution in [0.3, 0.4) is 0 Å². The van der Waals surface area contributed by atoms with E-state index < -0.39 is 48.6 Å². The third-order valence-corrected chi connectivity index (χ3v) is 9.50. The number of hydrogen-bond donors (Lipinski definition) is 1. The van der Waals surface area contributed by atoms with Crippen LogP contribution in [-0.2, 0) is 42.9 Å². The van der Waals surface area contributed by atoms with Crippen LogP contribution < -0.4 is 5.32 Å². The van der Waals surface area contributed by atoms with E-state index in [4.69, 9.17) is 23.7 Å². The van der Waals surface area contributed by atoms with Gasteiger partial charge in [0.25, 0.3) is 0 Å². The number of esters is 3. The fourth-order valence-electron chi connectivity index (χ4n) is 6.82. The molecule has 1 aliphatic rings. The van der Waals surface area contributed by atoms with Crippen LogP contribution in [0.25, 0.3) is 0 Å². The lowest BCUT2D eigenvalue weighted by molar-refractivity contribution is -0.280. The topological polar surface area (TPSA) is 126 Å². The van der Waals surface area contributed by atoms with Gasteiger partial charge in [-0.3, -0.25) is 19.2 Å². The molecule has 1 saturated heterocycles. The summed E-state index contributed by atoms with van der Waals surface area (Å²) in [7, 11) is 0. The average molecular weight is 712 g/mol. The van der Waals surface area contributed by atoms with E-state index in [0.717, 1.165) is 25.7 Å². The molecule has 10 heteroatoms. The molecule has 1 amide bonds. The molecule has 5 atom stereocenters. The van der Waals surface area contributed by atoms with E-state index >= 15 is 0 Å². The Kier molecular flexibility index (Phi) is 26.9. The van der Waals surface area contributed by atoms with E-state index in [2.05, 4.69) is 19.2 Å². The molecule has 0 aromatic rings. The number of rotatable bonds is 30. The highest BCUT2D eigenvalue weighted by Gasteiger charge is 2.51. The summed E-state index contributed by atoms with van der Waals surface area (Å²) in [4.78, 5) is 48.3. The molecule has 292 valence electrons. The van der Waals surface area contributed by atoms with Crippen molar-refractivity contribution >= 4 is 23.8 Å². The van der Waals surface area contributed by atoms with E-state index in [1.165, 1.54) is 143 Å². The molecule has 0 saturated carbocycles. The van der Waals surface area contributed by atoms with Gasteiger partial charge >= 0.3 is 17.9 Å². The molecule has 0 spiro atoms. The van der Waals surface area contributed by atoms with E-state index in [1.807, 2.05) is 0 Å². The molecule has 1 heterocycles. The Bertz CT molecular complexity index is 889. The molecule has 0 aromatic carbocycles. The predicted octanol–water partition coefficient (Wildman–Crippen LogP) is 8.90. The van der Waals surface area contributed by atoms with E-state index in [9.17, 15) is 19.2 Å². The Hall–Kier alpha value is -2.20. The van der Waals surface area contributed by atoms with Crippen molar-refractivity contribution in [1.82, 2.24) is 5.32 Å². The van der Waals surface area contributed by atoms with Gasteiger partial charge in [0.2, 0.25) is 5.91 Å². The highest BCUT2D eigenvalue weighted by Crippen LogP contribution is 2.29. The quantitative estimate of drug-likeness (QED) is 0.0442. The summed E-state index contributed by atoms with van der Waals surface area (Å²) in [6.07, 6.45) is 23.4. The molecular weight excluding hydrogens is 638 g/mol. The van der Waals surface area contributed by atoms with Gasteiger partial charge in [0.05, 0.1) is 6.61 Å². The second kappa shape index (κ2) is 29.4. The van der Waals surface area contributed by atoms with Crippen LogP contribution >= 0.6 is 0 Å². The molecule has 10 nitrogen and oxygen atoms in total. The van der Waals surface area contributed by atoms with Crippen molar-refractivity contribution in [2.45, 2.75) is 213 Å². The van der Waals surface area contributed by atoms with Crippen molar-refractivity contribution in [1.29, 1.82) is 0 Å². The highest BCUT2D eigenvalue weighted by atomic mass is 16.7.